The minimum Gasteiger partial charge on any atom is -0.484 e. The standard InChI is InChI=1S/C22H24N4O3S/c1-15-4-3-5-17(12-15)29-14-20(27)24-22-23-18-7-6-16(13-19(18)30-22)21(28)26-10-8-25(2)9-11-26/h3-7,12-13H,8-11,14H2,1-2H3,(H,23,24,27). The number of anilines is 1. The molecule has 0 spiro atoms. The number of amides is 2. The zero-order chi connectivity index (χ0) is 21.1. The third-order valence-electron chi connectivity index (χ3n) is 5.03. The van der Waals surface area contributed by atoms with Gasteiger partial charge in [-0.1, -0.05) is 23.5 Å². The number of carbonyl (C=O) groups is 2. The quantitative estimate of drug-likeness (QED) is 0.682. The Morgan fingerprint density at radius 1 is 1.13 bits per heavy atom. The first-order chi connectivity index (χ1) is 14.5. The number of nitrogens with one attached hydrogen (secondary N) is 1. The predicted octanol–water partition coefficient (Wildman–Crippen LogP) is 3.01. The molecule has 2 heterocycles. The third kappa shape index (κ3) is 4.77. The molecular formula is C22H24N4O3S. The second-order valence-corrected chi connectivity index (χ2v) is 8.48. The van der Waals surface area contributed by atoms with E-state index in [4.69, 9.17) is 4.74 Å². The second kappa shape index (κ2) is 8.81. The predicted molar refractivity (Wildman–Crippen MR) is 118 cm³/mol. The van der Waals surface area contributed by atoms with E-state index >= 15 is 0 Å². The van der Waals surface area contributed by atoms with Gasteiger partial charge in [0, 0.05) is 31.7 Å². The van der Waals surface area contributed by atoms with Crippen LogP contribution in [0.2, 0.25) is 0 Å². The second-order valence-electron chi connectivity index (χ2n) is 7.45. The monoisotopic (exact) mass is 424 g/mol. The zero-order valence-electron chi connectivity index (χ0n) is 17.1. The zero-order valence-corrected chi connectivity index (χ0v) is 17.9. The summed E-state index contributed by atoms with van der Waals surface area (Å²) in [6.45, 7) is 5.12. The maximum absolute atomic E-state index is 12.8. The topological polar surface area (TPSA) is 74.8 Å². The van der Waals surface area contributed by atoms with Gasteiger partial charge < -0.3 is 14.5 Å². The maximum atomic E-state index is 12.8. The number of likely N-dealkylation sites (N-methyl/N-ethyl adjacent to an activating group) is 1. The molecule has 0 radical (unpaired) electrons. The van der Waals surface area contributed by atoms with E-state index in [0.717, 1.165) is 42.0 Å². The number of nitrogens with zero attached hydrogens (tertiary/aromatic N) is 3. The highest BCUT2D eigenvalue weighted by Crippen LogP contribution is 2.27. The highest BCUT2D eigenvalue weighted by molar-refractivity contribution is 7.22. The number of rotatable bonds is 5. The van der Waals surface area contributed by atoms with Crippen molar-refractivity contribution in [2.24, 2.45) is 0 Å². The molecule has 0 atom stereocenters. The number of thiazole rings is 1. The lowest BCUT2D eigenvalue weighted by Gasteiger charge is -2.32. The fraction of sp³-hybridized carbons (Fsp3) is 0.318. The number of benzene rings is 2. The fourth-order valence-corrected chi connectivity index (χ4v) is 4.23. The average Bonchev–Trinajstić information content (AvgIpc) is 3.13. The molecule has 7 nitrogen and oxygen atoms in total. The molecule has 0 saturated carbocycles. The molecule has 1 aliphatic heterocycles. The summed E-state index contributed by atoms with van der Waals surface area (Å²) in [5.74, 6) is 0.418. The first-order valence-electron chi connectivity index (χ1n) is 9.86. The summed E-state index contributed by atoms with van der Waals surface area (Å²) in [6.07, 6.45) is 0. The number of hydrogen-bond donors (Lipinski definition) is 1. The molecule has 1 N–H and O–H groups in total. The summed E-state index contributed by atoms with van der Waals surface area (Å²) in [7, 11) is 2.06. The number of ether oxygens (including phenoxy) is 1. The van der Waals surface area contributed by atoms with Gasteiger partial charge in [0.25, 0.3) is 11.8 Å². The van der Waals surface area contributed by atoms with Gasteiger partial charge in [0.2, 0.25) is 0 Å². The lowest BCUT2D eigenvalue weighted by atomic mass is 10.1. The van der Waals surface area contributed by atoms with Crippen molar-refractivity contribution in [1.29, 1.82) is 0 Å². The molecule has 1 saturated heterocycles. The summed E-state index contributed by atoms with van der Waals surface area (Å²) in [5, 5.41) is 3.27. The van der Waals surface area contributed by atoms with Crippen LogP contribution in [0.25, 0.3) is 10.2 Å². The molecule has 1 aliphatic rings. The van der Waals surface area contributed by atoms with Crippen molar-refractivity contribution in [2.75, 3.05) is 45.2 Å². The number of fused-ring (bicyclic) bond motifs is 1. The van der Waals surface area contributed by atoms with Crippen molar-refractivity contribution in [3.05, 3.63) is 53.6 Å². The summed E-state index contributed by atoms with van der Waals surface area (Å²) < 4.78 is 6.40. The van der Waals surface area contributed by atoms with Crippen molar-refractivity contribution in [2.45, 2.75) is 6.92 Å². The summed E-state index contributed by atoms with van der Waals surface area (Å²) in [6, 6.07) is 13.0. The van der Waals surface area contributed by atoms with E-state index in [-0.39, 0.29) is 18.4 Å². The van der Waals surface area contributed by atoms with Gasteiger partial charge in [-0.2, -0.15) is 0 Å². The van der Waals surface area contributed by atoms with Crippen LogP contribution in [0.15, 0.2) is 42.5 Å². The van der Waals surface area contributed by atoms with Gasteiger partial charge in [-0.25, -0.2) is 4.98 Å². The van der Waals surface area contributed by atoms with Gasteiger partial charge in [-0.05, 0) is 49.9 Å². The van der Waals surface area contributed by atoms with Crippen molar-refractivity contribution in [3.63, 3.8) is 0 Å². The molecule has 1 aromatic heterocycles. The molecular weight excluding hydrogens is 400 g/mol. The Hall–Kier alpha value is -2.97. The SMILES string of the molecule is Cc1cccc(OCC(=O)Nc2nc3ccc(C(=O)N4CCN(C)CC4)cc3s2)c1. The van der Waals surface area contributed by atoms with Crippen molar-refractivity contribution < 1.29 is 14.3 Å². The lowest BCUT2D eigenvalue weighted by molar-refractivity contribution is -0.118. The van der Waals surface area contributed by atoms with Crippen LogP contribution in [0.4, 0.5) is 5.13 Å². The minimum absolute atomic E-state index is 0.0375. The third-order valence-corrected chi connectivity index (χ3v) is 5.97. The van der Waals surface area contributed by atoms with Crippen LogP contribution in [-0.4, -0.2) is 66.4 Å². The average molecular weight is 425 g/mol. The van der Waals surface area contributed by atoms with Gasteiger partial charge in [-0.3, -0.25) is 14.9 Å². The van der Waals surface area contributed by atoms with Crippen LogP contribution in [0, 0.1) is 6.92 Å². The van der Waals surface area contributed by atoms with E-state index in [9.17, 15) is 9.59 Å². The molecule has 8 heteroatoms. The Morgan fingerprint density at radius 3 is 2.70 bits per heavy atom. The molecule has 0 unspecified atom stereocenters. The summed E-state index contributed by atoms with van der Waals surface area (Å²) >= 11 is 1.35. The van der Waals surface area contributed by atoms with E-state index in [1.165, 1.54) is 11.3 Å². The van der Waals surface area contributed by atoms with Gasteiger partial charge in [0.05, 0.1) is 10.2 Å². The van der Waals surface area contributed by atoms with Crippen molar-refractivity contribution in [3.8, 4) is 5.75 Å². The maximum Gasteiger partial charge on any atom is 0.264 e. The van der Waals surface area contributed by atoms with Crippen LogP contribution in [0.1, 0.15) is 15.9 Å². The molecule has 2 aromatic carbocycles. The van der Waals surface area contributed by atoms with Gasteiger partial charge in [0.15, 0.2) is 11.7 Å². The fourth-order valence-electron chi connectivity index (χ4n) is 3.31. The lowest BCUT2D eigenvalue weighted by Crippen LogP contribution is -2.47. The molecule has 2 amide bonds. The number of hydrogen-bond acceptors (Lipinski definition) is 6. The first-order valence-corrected chi connectivity index (χ1v) is 10.7. The van der Waals surface area contributed by atoms with E-state index in [2.05, 4.69) is 22.2 Å². The first kappa shape index (κ1) is 20.3. The normalized spacial score (nSPS) is 14.7. The van der Waals surface area contributed by atoms with Gasteiger partial charge in [-0.15, -0.1) is 0 Å². The smallest absolute Gasteiger partial charge is 0.264 e. The number of piperazine rings is 1. The summed E-state index contributed by atoms with van der Waals surface area (Å²) in [5.41, 5.74) is 2.47. The number of aromatic nitrogens is 1. The number of aryl methyl sites for hydroxylation is 1. The van der Waals surface area contributed by atoms with Gasteiger partial charge >= 0.3 is 0 Å². The van der Waals surface area contributed by atoms with E-state index in [1.54, 1.807) is 6.07 Å². The highest BCUT2D eigenvalue weighted by Gasteiger charge is 2.21. The van der Waals surface area contributed by atoms with E-state index < -0.39 is 0 Å². The summed E-state index contributed by atoms with van der Waals surface area (Å²) in [4.78, 5) is 33.5. The molecule has 0 aliphatic carbocycles. The largest absolute Gasteiger partial charge is 0.484 e. The van der Waals surface area contributed by atoms with E-state index in [1.807, 2.05) is 48.2 Å². The minimum atomic E-state index is -0.274. The number of carbonyl (C=O) groups excluding carboxylic acids is 2. The van der Waals surface area contributed by atoms with Crippen molar-refractivity contribution >= 4 is 38.5 Å². The van der Waals surface area contributed by atoms with Gasteiger partial charge in [0.1, 0.15) is 5.75 Å². The van der Waals surface area contributed by atoms with Crippen LogP contribution in [0.3, 0.4) is 0 Å². The van der Waals surface area contributed by atoms with Crippen LogP contribution >= 0.6 is 11.3 Å². The molecule has 0 bridgehead atoms. The Balaban J connectivity index is 1.39. The Morgan fingerprint density at radius 2 is 1.93 bits per heavy atom. The Bertz CT molecular complexity index is 1070. The molecule has 4 rings (SSSR count). The highest BCUT2D eigenvalue weighted by atomic mass is 32.1. The van der Waals surface area contributed by atoms with Crippen LogP contribution < -0.4 is 10.1 Å². The van der Waals surface area contributed by atoms with Crippen LogP contribution in [-0.2, 0) is 4.79 Å². The molecule has 3 aromatic rings. The van der Waals surface area contributed by atoms with E-state index in [0.29, 0.717) is 16.4 Å². The molecule has 1 fully saturated rings. The Labute approximate surface area is 179 Å². The van der Waals surface area contributed by atoms with Crippen molar-refractivity contribution in [1.82, 2.24) is 14.8 Å². The molecule has 30 heavy (non-hydrogen) atoms. The van der Waals surface area contributed by atoms with Crippen LogP contribution in [0.5, 0.6) is 5.75 Å². The Kier molecular flexibility index (Phi) is 5.96. The molecule has 156 valence electrons.